The molecule has 1 aromatic heterocycles. The lowest BCUT2D eigenvalue weighted by Gasteiger charge is -2.20. The molecular weight excluding hydrogens is 336 g/mol. The van der Waals surface area contributed by atoms with E-state index in [0.29, 0.717) is 11.4 Å². The second kappa shape index (κ2) is 8.45. The van der Waals surface area contributed by atoms with Crippen molar-refractivity contribution in [3.63, 3.8) is 0 Å². The van der Waals surface area contributed by atoms with E-state index in [1.54, 1.807) is 14.0 Å². The maximum absolute atomic E-state index is 12.5. The van der Waals surface area contributed by atoms with Crippen LogP contribution < -0.4 is 0 Å². The fourth-order valence-electron chi connectivity index (χ4n) is 2.33. The van der Waals surface area contributed by atoms with Crippen molar-refractivity contribution in [2.75, 3.05) is 13.6 Å². The number of carbonyl (C=O) groups excluding carboxylic acids is 2. The molecule has 1 atom stereocenters. The zero-order valence-corrected chi connectivity index (χ0v) is 15.3. The summed E-state index contributed by atoms with van der Waals surface area (Å²) in [5.74, 6) is -0.836. The first kappa shape index (κ1) is 18.7. The fraction of sp³-hybridized carbons (Fsp3) is 0.316. The van der Waals surface area contributed by atoms with Gasteiger partial charge in [-0.1, -0.05) is 29.8 Å². The normalized spacial score (nSPS) is 11.4. The highest BCUT2D eigenvalue weighted by Crippen LogP contribution is 2.29. The molecule has 0 saturated carbocycles. The Labute approximate surface area is 151 Å². The van der Waals surface area contributed by atoms with Crippen molar-refractivity contribution in [1.82, 2.24) is 4.90 Å². The number of aryl methyl sites for hydroxylation is 1. The van der Waals surface area contributed by atoms with E-state index in [1.807, 2.05) is 48.7 Å². The van der Waals surface area contributed by atoms with Crippen LogP contribution in [-0.2, 0) is 9.53 Å². The number of benzene rings is 1. The van der Waals surface area contributed by atoms with Gasteiger partial charge in [0.15, 0.2) is 6.10 Å². The lowest BCUT2D eigenvalue weighted by Crippen LogP contribution is -2.37. The lowest BCUT2D eigenvalue weighted by atomic mass is 10.1. The molecule has 2 rings (SSSR count). The molecule has 0 spiro atoms. The number of carbonyl (C=O) groups is 2. The van der Waals surface area contributed by atoms with E-state index < -0.39 is 12.1 Å². The largest absolute Gasteiger partial charge is 0.448 e. The van der Waals surface area contributed by atoms with Gasteiger partial charge in [-0.2, -0.15) is 5.26 Å². The van der Waals surface area contributed by atoms with Crippen LogP contribution in [0.25, 0.3) is 11.1 Å². The molecule has 2 aromatic rings. The lowest BCUT2D eigenvalue weighted by molar-refractivity contribution is -0.138. The molecule has 5 nitrogen and oxygen atoms in total. The Bertz CT molecular complexity index is 790. The minimum absolute atomic E-state index is 0.241. The molecule has 0 fully saturated rings. The summed E-state index contributed by atoms with van der Waals surface area (Å²) in [5.41, 5.74) is 2.87. The summed E-state index contributed by atoms with van der Waals surface area (Å²) in [6, 6.07) is 11.7. The fourth-order valence-corrected chi connectivity index (χ4v) is 3.13. The second-order valence-electron chi connectivity index (χ2n) is 5.74. The maximum Gasteiger partial charge on any atom is 0.349 e. The highest BCUT2D eigenvalue weighted by Gasteiger charge is 2.24. The Morgan fingerprint density at radius 2 is 1.96 bits per heavy atom. The maximum atomic E-state index is 12.5. The molecule has 1 heterocycles. The molecule has 0 unspecified atom stereocenters. The summed E-state index contributed by atoms with van der Waals surface area (Å²) in [7, 11) is 1.59. The summed E-state index contributed by atoms with van der Waals surface area (Å²) >= 11 is 1.29. The molecule has 0 saturated heterocycles. The SMILES string of the molecule is Cc1ccc(-c2ccsc2C(=O)O[C@H](C)C(=O)N(C)CCC#N)cc1. The summed E-state index contributed by atoms with van der Waals surface area (Å²) in [5, 5.41) is 10.4. The van der Waals surface area contributed by atoms with Crippen molar-refractivity contribution < 1.29 is 14.3 Å². The molecule has 0 radical (unpaired) electrons. The predicted octanol–water partition coefficient (Wildman–Crippen LogP) is 3.64. The Balaban J connectivity index is 2.09. The van der Waals surface area contributed by atoms with Crippen molar-refractivity contribution in [1.29, 1.82) is 5.26 Å². The van der Waals surface area contributed by atoms with Gasteiger partial charge in [0.2, 0.25) is 0 Å². The van der Waals surface area contributed by atoms with Crippen LogP contribution in [0, 0.1) is 18.3 Å². The Morgan fingerprint density at radius 3 is 2.60 bits per heavy atom. The number of ether oxygens (including phenoxy) is 1. The molecule has 0 N–H and O–H groups in total. The van der Waals surface area contributed by atoms with E-state index in [9.17, 15) is 9.59 Å². The standard InChI is InChI=1S/C19H20N2O3S/c1-13-5-7-15(8-6-13)16-9-12-25-17(16)19(23)24-14(2)18(22)21(3)11-4-10-20/h5-9,12,14H,4,11H2,1-3H3/t14-/m1/s1. The zero-order valence-electron chi connectivity index (χ0n) is 14.5. The first-order chi connectivity index (χ1) is 11.9. The quantitative estimate of drug-likeness (QED) is 0.741. The highest BCUT2D eigenvalue weighted by atomic mass is 32.1. The van der Waals surface area contributed by atoms with Gasteiger partial charge in [0.1, 0.15) is 4.88 Å². The molecule has 1 aromatic carbocycles. The smallest absolute Gasteiger partial charge is 0.349 e. The summed E-state index contributed by atoms with van der Waals surface area (Å²) < 4.78 is 5.34. The van der Waals surface area contributed by atoms with E-state index >= 15 is 0 Å². The predicted molar refractivity (Wildman–Crippen MR) is 97.2 cm³/mol. The third-order valence-electron chi connectivity index (χ3n) is 3.78. The number of nitrogens with zero attached hydrogens (tertiary/aromatic N) is 2. The monoisotopic (exact) mass is 356 g/mol. The Kier molecular flexibility index (Phi) is 6.31. The number of likely N-dealkylation sites (N-methyl/N-ethyl adjacent to an activating group) is 1. The van der Waals surface area contributed by atoms with Crippen LogP contribution in [0.5, 0.6) is 0 Å². The van der Waals surface area contributed by atoms with Crippen molar-refractivity contribution in [2.24, 2.45) is 0 Å². The van der Waals surface area contributed by atoms with E-state index in [0.717, 1.165) is 16.7 Å². The molecule has 25 heavy (non-hydrogen) atoms. The number of amides is 1. The first-order valence-electron chi connectivity index (χ1n) is 7.91. The van der Waals surface area contributed by atoms with Gasteiger partial charge in [-0.05, 0) is 30.9 Å². The minimum Gasteiger partial charge on any atom is -0.448 e. The summed E-state index contributed by atoms with van der Waals surface area (Å²) in [6.45, 7) is 3.86. The van der Waals surface area contributed by atoms with Crippen LogP contribution in [0.1, 0.15) is 28.6 Å². The van der Waals surface area contributed by atoms with Crippen molar-refractivity contribution >= 4 is 23.2 Å². The molecule has 0 aliphatic rings. The van der Waals surface area contributed by atoms with Crippen molar-refractivity contribution in [2.45, 2.75) is 26.4 Å². The molecule has 130 valence electrons. The minimum atomic E-state index is -0.899. The number of rotatable bonds is 6. The average Bonchev–Trinajstić information content (AvgIpc) is 3.09. The number of hydrogen-bond donors (Lipinski definition) is 0. The average molecular weight is 356 g/mol. The molecular formula is C19H20N2O3S. The third kappa shape index (κ3) is 4.68. The molecule has 0 aliphatic carbocycles. The van der Waals surface area contributed by atoms with Crippen molar-refractivity contribution in [3.8, 4) is 17.2 Å². The van der Waals surface area contributed by atoms with E-state index in [4.69, 9.17) is 10.00 Å². The van der Waals surface area contributed by atoms with Gasteiger partial charge < -0.3 is 9.64 Å². The van der Waals surface area contributed by atoms with Crippen LogP contribution in [0.15, 0.2) is 35.7 Å². The number of nitriles is 1. The van der Waals surface area contributed by atoms with Gasteiger partial charge in [0, 0.05) is 19.2 Å². The second-order valence-corrected chi connectivity index (χ2v) is 6.66. The summed E-state index contributed by atoms with van der Waals surface area (Å²) in [4.78, 5) is 26.5. The molecule has 1 amide bonds. The van der Waals surface area contributed by atoms with Crippen molar-refractivity contribution in [3.05, 3.63) is 46.2 Å². The van der Waals surface area contributed by atoms with Gasteiger partial charge in [-0.25, -0.2) is 4.79 Å². The molecule has 0 bridgehead atoms. The zero-order chi connectivity index (χ0) is 18.4. The summed E-state index contributed by atoms with van der Waals surface area (Å²) in [6.07, 6.45) is -0.657. The van der Waals surface area contributed by atoms with Crippen LogP contribution >= 0.6 is 11.3 Å². The Morgan fingerprint density at radius 1 is 1.28 bits per heavy atom. The van der Waals surface area contributed by atoms with Gasteiger partial charge in [0.25, 0.3) is 5.91 Å². The van der Waals surface area contributed by atoms with Gasteiger partial charge in [-0.15, -0.1) is 11.3 Å². The molecule has 0 aliphatic heterocycles. The first-order valence-corrected chi connectivity index (χ1v) is 8.79. The van der Waals surface area contributed by atoms with Crippen LogP contribution in [0.4, 0.5) is 0 Å². The number of thiophene rings is 1. The van der Waals surface area contributed by atoms with E-state index in [-0.39, 0.29) is 12.3 Å². The van der Waals surface area contributed by atoms with E-state index in [1.165, 1.54) is 16.2 Å². The number of esters is 1. The van der Waals surface area contributed by atoms with Gasteiger partial charge in [0.05, 0.1) is 12.5 Å². The van der Waals surface area contributed by atoms with Crippen LogP contribution in [0.2, 0.25) is 0 Å². The number of hydrogen-bond acceptors (Lipinski definition) is 5. The highest BCUT2D eigenvalue weighted by molar-refractivity contribution is 7.12. The van der Waals surface area contributed by atoms with Gasteiger partial charge >= 0.3 is 5.97 Å². The van der Waals surface area contributed by atoms with Crippen LogP contribution in [0.3, 0.4) is 0 Å². The van der Waals surface area contributed by atoms with E-state index in [2.05, 4.69) is 0 Å². The molecule has 6 heteroatoms. The Hall–Kier alpha value is -2.65. The third-order valence-corrected chi connectivity index (χ3v) is 4.67. The van der Waals surface area contributed by atoms with Crippen LogP contribution in [-0.4, -0.2) is 36.5 Å². The topological polar surface area (TPSA) is 70.4 Å². The van der Waals surface area contributed by atoms with Gasteiger partial charge in [-0.3, -0.25) is 4.79 Å².